The number of amides is 1. The standard InChI is InChI=1S/C15H20F2N2O/c1-9(2)14(18)15(20)19(12-5-6-12)8-10-3-4-11(16)7-13(10)17/h3-4,7,9,12,14H,5-6,8,18H2,1-2H3/t14-/m1/s1. The highest BCUT2D eigenvalue weighted by Gasteiger charge is 2.35. The van der Waals surface area contributed by atoms with E-state index in [9.17, 15) is 13.6 Å². The summed E-state index contributed by atoms with van der Waals surface area (Å²) in [7, 11) is 0. The second kappa shape index (κ2) is 5.87. The van der Waals surface area contributed by atoms with Crippen molar-refractivity contribution >= 4 is 5.91 Å². The molecule has 5 heteroatoms. The fourth-order valence-corrected chi connectivity index (χ4v) is 2.08. The van der Waals surface area contributed by atoms with Crippen LogP contribution in [0.2, 0.25) is 0 Å². The first-order valence-corrected chi connectivity index (χ1v) is 6.90. The van der Waals surface area contributed by atoms with Crippen LogP contribution in [0.5, 0.6) is 0 Å². The minimum atomic E-state index is -0.624. The molecule has 0 radical (unpaired) electrons. The van der Waals surface area contributed by atoms with Gasteiger partial charge in [0.15, 0.2) is 0 Å². The smallest absolute Gasteiger partial charge is 0.240 e. The Bertz CT molecular complexity index is 501. The molecule has 0 aromatic heterocycles. The van der Waals surface area contributed by atoms with Gasteiger partial charge < -0.3 is 10.6 Å². The van der Waals surface area contributed by atoms with Gasteiger partial charge in [-0.3, -0.25) is 4.79 Å². The zero-order valence-corrected chi connectivity index (χ0v) is 11.8. The van der Waals surface area contributed by atoms with Crippen LogP contribution in [0.4, 0.5) is 8.78 Å². The highest BCUT2D eigenvalue weighted by Crippen LogP contribution is 2.30. The summed E-state index contributed by atoms with van der Waals surface area (Å²) in [6.07, 6.45) is 1.83. The number of nitrogens with two attached hydrogens (primary N) is 1. The van der Waals surface area contributed by atoms with Crippen molar-refractivity contribution in [3.8, 4) is 0 Å². The van der Waals surface area contributed by atoms with E-state index in [1.165, 1.54) is 12.1 Å². The van der Waals surface area contributed by atoms with Crippen LogP contribution in [-0.4, -0.2) is 22.9 Å². The third kappa shape index (κ3) is 3.33. The first kappa shape index (κ1) is 14.9. The van der Waals surface area contributed by atoms with Crippen molar-refractivity contribution in [1.29, 1.82) is 0 Å². The molecule has 0 unspecified atom stereocenters. The number of benzene rings is 1. The predicted molar refractivity (Wildman–Crippen MR) is 72.7 cm³/mol. The molecule has 1 aromatic rings. The Kier molecular flexibility index (Phi) is 4.38. The summed E-state index contributed by atoms with van der Waals surface area (Å²) in [5.41, 5.74) is 6.22. The number of carbonyl (C=O) groups excluding carboxylic acids is 1. The Morgan fingerprint density at radius 2 is 2.05 bits per heavy atom. The Balaban J connectivity index is 2.15. The number of halogens is 2. The van der Waals surface area contributed by atoms with E-state index < -0.39 is 17.7 Å². The second-order valence-electron chi connectivity index (χ2n) is 5.70. The number of hydrogen-bond acceptors (Lipinski definition) is 2. The molecule has 2 N–H and O–H groups in total. The fraction of sp³-hybridized carbons (Fsp3) is 0.533. The summed E-state index contributed by atoms with van der Waals surface area (Å²) in [6, 6.07) is 2.98. The molecule has 0 aliphatic heterocycles. The van der Waals surface area contributed by atoms with Gasteiger partial charge in [0.2, 0.25) is 5.91 Å². The van der Waals surface area contributed by atoms with E-state index >= 15 is 0 Å². The van der Waals surface area contributed by atoms with Crippen LogP contribution in [0, 0.1) is 17.6 Å². The van der Waals surface area contributed by atoms with Gasteiger partial charge in [0.1, 0.15) is 11.6 Å². The average molecular weight is 282 g/mol. The zero-order chi connectivity index (χ0) is 14.9. The molecule has 0 saturated heterocycles. The lowest BCUT2D eigenvalue weighted by atomic mass is 10.0. The fourth-order valence-electron chi connectivity index (χ4n) is 2.08. The first-order chi connectivity index (χ1) is 9.40. The summed E-state index contributed by atoms with van der Waals surface area (Å²) in [6.45, 7) is 3.91. The van der Waals surface area contributed by atoms with E-state index in [0.717, 1.165) is 18.9 Å². The number of rotatable bonds is 5. The third-order valence-electron chi connectivity index (χ3n) is 3.63. The first-order valence-electron chi connectivity index (χ1n) is 6.90. The van der Waals surface area contributed by atoms with Crippen molar-refractivity contribution in [3.05, 3.63) is 35.4 Å². The molecule has 1 atom stereocenters. The van der Waals surface area contributed by atoms with E-state index in [2.05, 4.69) is 0 Å². The Morgan fingerprint density at radius 1 is 1.40 bits per heavy atom. The number of nitrogens with zero attached hydrogens (tertiary/aromatic N) is 1. The summed E-state index contributed by atoms with van der Waals surface area (Å²) in [5, 5.41) is 0. The van der Waals surface area contributed by atoms with Gasteiger partial charge in [-0.15, -0.1) is 0 Å². The van der Waals surface area contributed by atoms with Gasteiger partial charge >= 0.3 is 0 Å². The minimum absolute atomic E-state index is 0.0295. The predicted octanol–water partition coefficient (Wildman–Crippen LogP) is 2.44. The van der Waals surface area contributed by atoms with Gasteiger partial charge in [0, 0.05) is 24.2 Å². The quantitative estimate of drug-likeness (QED) is 0.901. The van der Waals surface area contributed by atoms with Gasteiger partial charge in [-0.25, -0.2) is 8.78 Å². The maximum absolute atomic E-state index is 13.7. The van der Waals surface area contributed by atoms with Crippen molar-refractivity contribution in [1.82, 2.24) is 4.90 Å². The molecule has 1 aromatic carbocycles. The van der Waals surface area contributed by atoms with Crippen LogP contribution in [0.15, 0.2) is 18.2 Å². The summed E-state index contributed by atoms with van der Waals surface area (Å²) in [5.74, 6) is -1.37. The number of carbonyl (C=O) groups is 1. The van der Waals surface area contributed by atoms with Crippen LogP contribution in [0.25, 0.3) is 0 Å². The molecule has 110 valence electrons. The van der Waals surface area contributed by atoms with Gasteiger partial charge in [-0.2, -0.15) is 0 Å². The highest BCUT2D eigenvalue weighted by molar-refractivity contribution is 5.82. The van der Waals surface area contributed by atoms with E-state index in [1.54, 1.807) is 4.90 Å². The molecule has 0 bridgehead atoms. The largest absolute Gasteiger partial charge is 0.334 e. The van der Waals surface area contributed by atoms with Crippen molar-refractivity contribution < 1.29 is 13.6 Å². The van der Waals surface area contributed by atoms with Crippen LogP contribution >= 0.6 is 0 Å². The Hall–Kier alpha value is -1.49. The van der Waals surface area contributed by atoms with Crippen LogP contribution in [-0.2, 0) is 11.3 Å². The van der Waals surface area contributed by atoms with Crippen LogP contribution < -0.4 is 5.73 Å². The van der Waals surface area contributed by atoms with E-state index in [1.807, 2.05) is 13.8 Å². The molecule has 2 rings (SSSR count). The summed E-state index contributed by atoms with van der Waals surface area (Å²) < 4.78 is 26.6. The van der Waals surface area contributed by atoms with E-state index in [4.69, 9.17) is 5.73 Å². The lowest BCUT2D eigenvalue weighted by Crippen LogP contribution is -2.47. The van der Waals surface area contributed by atoms with Crippen molar-refractivity contribution in [2.75, 3.05) is 0 Å². The molecule has 1 fully saturated rings. The summed E-state index contributed by atoms with van der Waals surface area (Å²) >= 11 is 0. The zero-order valence-electron chi connectivity index (χ0n) is 11.8. The van der Waals surface area contributed by atoms with Gasteiger partial charge in [-0.1, -0.05) is 19.9 Å². The van der Waals surface area contributed by atoms with Crippen molar-refractivity contribution in [2.24, 2.45) is 11.7 Å². The van der Waals surface area contributed by atoms with Gasteiger partial charge in [-0.05, 0) is 24.8 Å². The van der Waals surface area contributed by atoms with Crippen LogP contribution in [0.3, 0.4) is 0 Å². The van der Waals surface area contributed by atoms with Crippen molar-refractivity contribution in [3.63, 3.8) is 0 Å². The molecule has 3 nitrogen and oxygen atoms in total. The highest BCUT2D eigenvalue weighted by atomic mass is 19.1. The lowest BCUT2D eigenvalue weighted by Gasteiger charge is -2.27. The Morgan fingerprint density at radius 3 is 2.55 bits per heavy atom. The molecule has 1 aliphatic rings. The molecule has 0 spiro atoms. The monoisotopic (exact) mass is 282 g/mol. The normalized spacial score (nSPS) is 16.3. The molecule has 1 amide bonds. The van der Waals surface area contributed by atoms with E-state index in [-0.39, 0.29) is 24.4 Å². The Labute approximate surface area is 117 Å². The maximum Gasteiger partial charge on any atom is 0.240 e. The second-order valence-corrected chi connectivity index (χ2v) is 5.70. The summed E-state index contributed by atoms with van der Waals surface area (Å²) in [4.78, 5) is 14.0. The van der Waals surface area contributed by atoms with Crippen molar-refractivity contribution in [2.45, 2.75) is 45.3 Å². The van der Waals surface area contributed by atoms with Gasteiger partial charge in [0.05, 0.1) is 6.04 Å². The molecule has 0 heterocycles. The maximum atomic E-state index is 13.7. The van der Waals surface area contributed by atoms with E-state index in [0.29, 0.717) is 5.56 Å². The number of hydrogen-bond donors (Lipinski definition) is 1. The van der Waals surface area contributed by atoms with Gasteiger partial charge in [0.25, 0.3) is 0 Å². The third-order valence-corrected chi connectivity index (χ3v) is 3.63. The molecular formula is C15H20F2N2O. The molecule has 1 aliphatic carbocycles. The molecule has 20 heavy (non-hydrogen) atoms. The topological polar surface area (TPSA) is 46.3 Å². The molecule has 1 saturated carbocycles. The molecular weight excluding hydrogens is 262 g/mol. The average Bonchev–Trinajstić information content (AvgIpc) is 3.20. The minimum Gasteiger partial charge on any atom is -0.334 e. The SMILES string of the molecule is CC(C)[C@@H](N)C(=O)N(Cc1ccc(F)cc1F)C1CC1. The lowest BCUT2D eigenvalue weighted by molar-refractivity contribution is -0.134. The van der Waals surface area contributed by atoms with Crippen LogP contribution in [0.1, 0.15) is 32.3 Å².